The van der Waals surface area contributed by atoms with Gasteiger partial charge in [-0.25, -0.2) is 0 Å². The van der Waals surface area contributed by atoms with Crippen LogP contribution in [0.4, 0.5) is 0 Å². The molecule has 4 heterocycles. The van der Waals surface area contributed by atoms with Gasteiger partial charge in [0.15, 0.2) is 5.79 Å². The van der Waals surface area contributed by atoms with Crippen LogP contribution in [0.3, 0.4) is 0 Å². The smallest absolute Gasteiger partial charge is 0.308 e. The third-order valence-corrected chi connectivity index (χ3v) is 7.78. The molecule has 186 valence electrons. The van der Waals surface area contributed by atoms with Gasteiger partial charge in [-0.05, 0) is 51.9 Å². The third kappa shape index (κ3) is 6.13. The molecule has 9 atom stereocenters. The number of carbonyl (C=O) groups excluding carboxylic acids is 1. The Labute approximate surface area is 214 Å². The van der Waals surface area contributed by atoms with Gasteiger partial charge < -0.3 is 28.4 Å². The molecule has 4 saturated heterocycles. The van der Waals surface area contributed by atoms with Gasteiger partial charge >= 0.3 is 5.97 Å². The van der Waals surface area contributed by atoms with Crippen molar-refractivity contribution in [1.29, 1.82) is 0 Å². The van der Waals surface area contributed by atoms with Gasteiger partial charge in [0.25, 0.3) is 0 Å². The van der Waals surface area contributed by atoms with E-state index in [2.05, 4.69) is 35.7 Å². The fourth-order valence-corrected chi connectivity index (χ4v) is 6.59. The van der Waals surface area contributed by atoms with Crippen molar-refractivity contribution in [2.45, 2.75) is 105 Å². The van der Waals surface area contributed by atoms with E-state index < -0.39 is 5.79 Å². The first-order valence-corrected chi connectivity index (χ1v) is 13.3. The average molecular weight is 597 g/mol. The van der Waals surface area contributed by atoms with E-state index in [9.17, 15) is 4.79 Å². The zero-order chi connectivity index (χ0) is 23.6. The molecule has 0 aliphatic carbocycles. The van der Waals surface area contributed by atoms with Crippen LogP contribution in [0.15, 0.2) is 22.8 Å². The minimum Gasteiger partial charge on any atom is -0.469 e. The van der Waals surface area contributed by atoms with E-state index in [1.165, 1.54) is 7.11 Å². The maximum Gasteiger partial charge on any atom is 0.308 e. The van der Waals surface area contributed by atoms with Gasteiger partial charge in [0.2, 0.25) is 0 Å². The van der Waals surface area contributed by atoms with Crippen LogP contribution in [-0.4, -0.2) is 73.6 Å². The molecule has 0 spiro atoms. The van der Waals surface area contributed by atoms with Crippen molar-refractivity contribution in [2.24, 2.45) is 0 Å². The standard InChI is InChI=1S/C24H34ClIO7/c1-4-9-29-20-13-24(8-7-15(25)10-14(2)26)32-19-12-18(23(20)33-24)31-17-6-5-16(30-22(17)19)11-21(27)28-3/h4,15-20,22-23H,1-2,5-13H2,3H3/t15?,16?,17-,18+,19?,20?,22?,23?,24+/m0/s1. The Morgan fingerprint density at radius 1 is 1.24 bits per heavy atom. The number of alkyl halides is 1. The molecule has 4 rings (SSSR count). The molecule has 4 aliphatic heterocycles. The molecular formula is C24H34ClIO7. The molecule has 7 nitrogen and oxygen atoms in total. The zero-order valence-corrected chi connectivity index (χ0v) is 22.0. The van der Waals surface area contributed by atoms with Crippen molar-refractivity contribution in [3.63, 3.8) is 0 Å². The summed E-state index contributed by atoms with van der Waals surface area (Å²) in [7, 11) is 1.40. The van der Waals surface area contributed by atoms with Crippen molar-refractivity contribution in [3.05, 3.63) is 22.8 Å². The molecule has 4 fully saturated rings. The molecule has 9 heteroatoms. The second-order valence-corrected chi connectivity index (χ2v) is 11.5. The van der Waals surface area contributed by atoms with E-state index in [-0.39, 0.29) is 60.5 Å². The summed E-state index contributed by atoms with van der Waals surface area (Å²) in [6.45, 7) is 8.19. The Kier molecular flexibility index (Phi) is 8.79. The summed E-state index contributed by atoms with van der Waals surface area (Å²) in [4.78, 5) is 11.8. The van der Waals surface area contributed by atoms with Crippen molar-refractivity contribution >= 4 is 40.2 Å². The van der Waals surface area contributed by atoms with Crippen molar-refractivity contribution in [3.8, 4) is 0 Å². The first kappa shape index (κ1) is 25.9. The van der Waals surface area contributed by atoms with Gasteiger partial charge in [-0.3, -0.25) is 4.79 Å². The average Bonchev–Trinajstić information content (AvgIpc) is 3.08. The Hall–Kier alpha value is -0.230. The number of allylic oxidation sites excluding steroid dienone is 1. The number of esters is 1. The summed E-state index contributed by atoms with van der Waals surface area (Å²) in [5, 5.41) is -0.0374. The molecule has 0 aromatic rings. The monoisotopic (exact) mass is 596 g/mol. The number of ether oxygens (including phenoxy) is 6. The van der Waals surface area contributed by atoms with Gasteiger partial charge in [-0.2, -0.15) is 0 Å². The lowest BCUT2D eigenvalue weighted by molar-refractivity contribution is -0.277. The number of fused-ring (bicyclic) bond motifs is 7. The summed E-state index contributed by atoms with van der Waals surface area (Å²) in [5.74, 6) is -1.06. The molecular weight excluding hydrogens is 563 g/mol. The predicted octanol–water partition coefficient (Wildman–Crippen LogP) is 4.44. The first-order chi connectivity index (χ1) is 15.8. The zero-order valence-electron chi connectivity index (χ0n) is 19.1. The van der Waals surface area contributed by atoms with E-state index in [0.29, 0.717) is 25.9 Å². The van der Waals surface area contributed by atoms with Crippen LogP contribution < -0.4 is 0 Å². The highest BCUT2D eigenvalue weighted by Crippen LogP contribution is 2.49. The van der Waals surface area contributed by atoms with Gasteiger partial charge in [0, 0.05) is 24.6 Å². The highest BCUT2D eigenvalue weighted by Gasteiger charge is 2.59. The molecule has 6 unspecified atom stereocenters. The Morgan fingerprint density at radius 2 is 2.06 bits per heavy atom. The highest BCUT2D eigenvalue weighted by atomic mass is 127. The predicted molar refractivity (Wildman–Crippen MR) is 131 cm³/mol. The largest absolute Gasteiger partial charge is 0.469 e. The summed E-state index contributed by atoms with van der Waals surface area (Å²) < 4.78 is 38.1. The number of hydrogen-bond donors (Lipinski definition) is 0. The highest BCUT2D eigenvalue weighted by molar-refractivity contribution is 14.1. The lowest BCUT2D eigenvalue weighted by Gasteiger charge is -2.47. The molecule has 0 amide bonds. The summed E-state index contributed by atoms with van der Waals surface area (Å²) in [6, 6.07) is 0. The fourth-order valence-electron chi connectivity index (χ4n) is 5.50. The molecule has 33 heavy (non-hydrogen) atoms. The number of carbonyl (C=O) groups is 1. The number of halogens is 2. The second kappa shape index (κ2) is 11.2. The third-order valence-electron chi connectivity index (χ3n) is 6.96. The van der Waals surface area contributed by atoms with Crippen molar-refractivity contribution in [2.75, 3.05) is 13.7 Å². The molecule has 0 aromatic heterocycles. The molecule has 0 aromatic carbocycles. The van der Waals surface area contributed by atoms with E-state index in [1.807, 2.05) is 0 Å². The topological polar surface area (TPSA) is 72.5 Å². The van der Waals surface area contributed by atoms with Crippen LogP contribution in [-0.2, 0) is 33.2 Å². The lowest BCUT2D eigenvalue weighted by Crippen LogP contribution is -2.58. The number of hydrogen-bond acceptors (Lipinski definition) is 7. The molecule has 0 N–H and O–H groups in total. The lowest BCUT2D eigenvalue weighted by atomic mass is 9.86. The second-order valence-electron chi connectivity index (χ2n) is 9.40. The van der Waals surface area contributed by atoms with Gasteiger partial charge in [-0.1, -0.05) is 12.7 Å². The van der Waals surface area contributed by atoms with E-state index >= 15 is 0 Å². The van der Waals surface area contributed by atoms with Crippen molar-refractivity contribution < 1.29 is 33.2 Å². The Bertz CT molecular complexity index is 736. The van der Waals surface area contributed by atoms with Gasteiger partial charge in [-0.15, -0.1) is 18.2 Å². The van der Waals surface area contributed by atoms with Crippen LogP contribution in [0.1, 0.15) is 51.4 Å². The van der Waals surface area contributed by atoms with Crippen LogP contribution in [0.2, 0.25) is 0 Å². The Balaban J connectivity index is 1.50. The minimum absolute atomic E-state index is 0.0374. The van der Waals surface area contributed by atoms with Gasteiger partial charge in [0.05, 0.1) is 50.7 Å². The number of rotatable bonds is 10. The molecule has 4 bridgehead atoms. The van der Waals surface area contributed by atoms with Crippen LogP contribution in [0, 0.1) is 0 Å². The van der Waals surface area contributed by atoms with Crippen molar-refractivity contribution in [1.82, 2.24) is 0 Å². The maximum atomic E-state index is 11.8. The molecule has 0 radical (unpaired) electrons. The van der Waals surface area contributed by atoms with Gasteiger partial charge in [0.1, 0.15) is 12.2 Å². The maximum absolute atomic E-state index is 11.8. The van der Waals surface area contributed by atoms with Crippen LogP contribution in [0.25, 0.3) is 0 Å². The van der Waals surface area contributed by atoms with Crippen LogP contribution in [0.5, 0.6) is 0 Å². The fraction of sp³-hybridized carbons (Fsp3) is 0.792. The summed E-state index contributed by atoms with van der Waals surface area (Å²) >= 11 is 8.79. The van der Waals surface area contributed by atoms with E-state index in [1.54, 1.807) is 6.08 Å². The van der Waals surface area contributed by atoms with E-state index in [0.717, 1.165) is 29.3 Å². The Morgan fingerprint density at radius 3 is 2.79 bits per heavy atom. The molecule has 4 aliphatic rings. The summed E-state index contributed by atoms with van der Waals surface area (Å²) in [5.41, 5.74) is 0. The molecule has 0 saturated carbocycles. The number of methoxy groups -OCH3 is 1. The quantitative estimate of drug-likeness (QED) is 0.160. The SMILES string of the molecule is C=CCOC1C[C@]2(CCC(Cl)CC(=C)I)OC3C[C@@H](O[C@H]4CCC(CC(=O)OC)OC34)C1O2. The normalized spacial score (nSPS) is 40.4. The van der Waals surface area contributed by atoms with E-state index in [4.69, 9.17) is 40.0 Å². The van der Waals surface area contributed by atoms with Crippen LogP contribution >= 0.6 is 34.2 Å². The summed E-state index contributed by atoms with van der Waals surface area (Å²) in [6.07, 6.45) is 5.81. The minimum atomic E-state index is -0.799. The first-order valence-electron chi connectivity index (χ1n) is 11.8.